The fourth-order valence-electron chi connectivity index (χ4n) is 4.43. The standard InChI is InChI=1S/C26H41N5O/c1-4-22-17-29-26(30-18-22)31-12-8-23(9-13-31)7-5-14-32-24-15-20(2)25(21(3)16-24)19-28-11-6-10-27/h15-18,23,28H,4-14,19,27H2,1-3H3. The minimum Gasteiger partial charge on any atom is -0.494 e. The second-order valence-corrected chi connectivity index (χ2v) is 9.02. The van der Waals surface area contributed by atoms with Gasteiger partial charge in [0.15, 0.2) is 0 Å². The zero-order chi connectivity index (χ0) is 22.8. The Bertz CT molecular complexity index is 792. The maximum absolute atomic E-state index is 6.10. The summed E-state index contributed by atoms with van der Waals surface area (Å²) in [5, 5.41) is 3.48. The first-order valence-electron chi connectivity index (χ1n) is 12.3. The molecule has 1 aromatic heterocycles. The first-order chi connectivity index (χ1) is 15.6. The number of rotatable bonds is 12. The molecule has 0 bridgehead atoms. The van der Waals surface area contributed by atoms with E-state index < -0.39 is 0 Å². The second-order valence-electron chi connectivity index (χ2n) is 9.02. The number of aromatic nitrogens is 2. The van der Waals surface area contributed by atoms with Gasteiger partial charge >= 0.3 is 0 Å². The van der Waals surface area contributed by atoms with Crippen molar-refractivity contribution in [1.29, 1.82) is 0 Å². The summed E-state index contributed by atoms with van der Waals surface area (Å²) in [7, 11) is 0. The molecular weight excluding hydrogens is 398 g/mol. The highest BCUT2D eigenvalue weighted by Crippen LogP contribution is 2.25. The number of ether oxygens (including phenoxy) is 1. The molecule has 1 saturated heterocycles. The van der Waals surface area contributed by atoms with E-state index in [2.05, 4.69) is 53.1 Å². The van der Waals surface area contributed by atoms with Crippen molar-refractivity contribution in [2.45, 2.75) is 65.8 Å². The van der Waals surface area contributed by atoms with Crippen molar-refractivity contribution in [3.8, 4) is 5.75 Å². The maximum Gasteiger partial charge on any atom is 0.225 e. The molecular formula is C26H41N5O. The molecule has 0 unspecified atom stereocenters. The number of hydrogen-bond donors (Lipinski definition) is 2. The van der Waals surface area contributed by atoms with Crippen LogP contribution in [0.3, 0.4) is 0 Å². The first-order valence-corrected chi connectivity index (χ1v) is 12.3. The van der Waals surface area contributed by atoms with Crippen LogP contribution in [0.25, 0.3) is 0 Å². The number of nitrogens with two attached hydrogens (primary N) is 1. The predicted octanol–water partition coefficient (Wildman–Crippen LogP) is 4.17. The summed E-state index contributed by atoms with van der Waals surface area (Å²) in [6.07, 6.45) is 10.7. The van der Waals surface area contributed by atoms with E-state index in [4.69, 9.17) is 10.5 Å². The molecule has 1 aliphatic heterocycles. The molecule has 0 spiro atoms. The largest absolute Gasteiger partial charge is 0.494 e. The van der Waals surface area contributed by atoms with E-state index in [0.717, 1.165) is 76.2 Å². The Kier molecular flexibility index (Phi) is 9.75. The second kappa shape index (κ2) is 12.8. The minimum atomic E-state index is 0.734. The molecule has 0 saturated carbocycles. The first kappa shape index (κ1) is 24.5. The van der Waals surface area contributed by atoms with Crippen molar-refractivity contribution < 1.29 is 4.74 Å². The molecule has 0 aliphatic carbocycles. The number of hydrogen-bond acceptors (Lipinski definition) is 6. The van der Waals surface area contributed by atoms with Gasteiger partial charge in [-0.1, -0.05) is 6.92 Å². The predicted molar refractivity (Wildman–Crippen MR) is 132 cm³/mol. The third-order valence-electron chi connectivity index (χ3n) is 6.55. The smallest absolute Gasteiger partial charge is 0.225 e. The number of benzene rings is 1. The Labute approximate surface area is 194 Å². The third kappa shape index (κ3) is 7.17. The molecule has 6 heteroatoms. The van der Waals surface area contributed by atoms with Gasteiger partial charge in [0.25, 0.3) is 0 Å². The van der Waals surface area contributed by atoms with Crippen molar-refractivity contribution in [2.75, 3.05) is 37.7 Å². The molecule has 2 aromatic rings. The minimum absolute atomic E-state index is 0.734. The molecule has 1 aliphatic rings. The van der Waals surface area contributed by atoms with Gasteiger partial charge in [-0.2, -0.15) is 0 Å². The normalized spacial score (nSPS) is 14.7. The van der Waals surface area contributed by atoms with Gasteiger partial charge in [0.1, 0.15) is 5.75 Å². The average Bonchev–Trinajstić information content (AvgIpc) is 2.81. The molecule has 3 N–H and O–H groups in total. The van der Waals surface area contributed by atoms with Crippen LogP contribution >= 0.6 is 0 Å². The van der Waals surface area contributed by atoms with E-state index in [1.807, 2.05) is 12.4 Å². The fraction of sp³-hybridized carbons (Fsp3) is 0.615. The molecule has 176 valence electrons. The number of piperidine rings is 1. The van der Waals surface area contributed by atoms with Gasteiger partial charge in [-0.05, 0) is 106 Å². The Balaban J connectivity index is 1.36. The summed E-state index contributed by atoms with van der Waals surface area (Å²) >= 11 is 0. The Hall–Kier alpha value is -2.18. The Morgan fingerprint density at radius 3 is 2.41 bits per heavy atom. The van der Waals surface area contributed by atoms with E-state index in [1.165, 1.54) is 41.5 Å². The van der Waals surface area contributed by atoms with Crippen LogP contribution in [0.4, 0.5) is 5.95 Å². The lowest BCUT2D eigenvalue weighted by molar-refractivity contribution is 0.278. The maximum atomic E-state index is 6.10. The molecule has 0 atom stereocenters. The summed E-state index contributed by atoms with van der Waals surface area (Å²) in [4.78, 5) is 11.4. The number of aryl methyl sites for hydroxylation is 3. The molecule has 2 heterocycles. The fourth-order valence-corrected chi connectivity index (χ4v) is 4.43. The van der Waals surface area contributed by atoms with Gasteiger partial charge in [0, 0.05) is 32.0 Å². The zero-order valence-electron chi connectivity index (χ0n) is 20.2. The van der Waals surface area contributed by atoms with E-state index in [-0.39, 0.29) is 0 Å². The van der Waals surface area contributed by atoms with Gasteiger partial charge in [-0.25, -0.2) is 9.97 Å². The summed E-state index contributed by atoms with van der Waals surface area (Å²) in [6, 6.07) is 4.35. The molecule has 1 fully saturated rings. The van der Waals surface area contributed by atoms with E-state index in [1.54, 1.807) is 0 Å². The average molecular weight is 440 g/mol. The van der Waals surface area contributed by atoms with E-state index in [0.29, 0.717) is 0 Å². The Morgan fingerprint density at radius 1 is 1.09 bits per heavy atom. The van der Waals surface area contributed by atoms with Crippen molar-refractivity contribution in [3.63, 3.8) is 0 Å². The summed E-state index contributed by atoms with van der Waals surface area (Å²) < 4.78 is 6.10. The number of nitrogens with one attached hydrogen (secondary N) is 1. The Morgan fingerprint density at radius 2 is 1.78 bits per heavy atom. The van der Waals surface area contributed by atoms with Crippen LogP contribution < -0.4 is 20.7 Å². The van der Waals surface area contributed by atoms with E-state index in [9.17, 15) is 0 Å². The summed E-state index contributed by atoms with van der Waals surface area (Å²) in [5.74, 6) is 2.65. The SMILES string of the molecule is CCc1cnc(N2CCC(CCCOc3cc(C)c(CNCCCN)c(C)c3)CC2)nc1. The van der Waals surface area contributed by atoms with E-state index >= 15 is 0 Å². The van der Waals surface area contributed by atoms with Crippen LogP contribution in [0.5, 0.6) is 5.75 Å². The highest BCUT2D eigenvalue weighted by Gasteiger charge is 2.20. The molecule has 32 heavy (non-hydrogen) atoms. The summed E-state index contributed by atoms with van der Waals surface area (Å²) in [5.41, 5.74) is 10.7. The topological polar surface area (TPSA) is 76.3 Å². The van der Waals surface area contributed by atoms with Gasteiger partial charge in [-0.3, -0.25) is 0 Å². The van der Waals surface area contributed by atoms with Crippen LogP contribution in [-0.4, -0.2) is 42.8 Å². The van der Waals surface area contributed by atoms with Gasteiger partial charge < -0.3 is 20.7 Å². The molecule has 6 nitrogen and oxygen atoms in total. The molecule has 3 rings (SSSR count). The lowest BCUT2D eigenvalue weighted by atomic mass is 9.92. The van der Waals surface area contributed by atoms with Crippen LogP contribution in [0.1, 0.15) is 61.3 Å². The zero-order valence-corrected chi connectivity index (χ0v) is 20.2. The van der Waals surface area contributed by atoms with Crippen molar-refractivity contribution in [1.82, 2.24) is 15.3 Å². The van der Waals surface area contributed by atoms with Crippen molar-refractivity contribution in [2.24, 2.45) is 11.7 Å². The van der Waals surface area contributed by atoms with Crippen LogP contribution in [0.15, 0.2) is 24.5 Å². The molecule has 1 aromatic carbocycles. The van der Waals surface area contributed by atoms with Gasteiger partial charge in [-0.15, -0.1) is 0 Å². The molecule has 0 amide bonds. The van der Waals surface area contributed by atoms with Gasteiger partial charge in [0.05, 0.1) is 6.61 Å². The highest BCUT2D eigenvalue weighted by molar-refractivity contribution is 5.41. The lowest BCUT2D eigenvalue weighted by Gasteiger charge is -2.32. The third-order valence-corrected chi connectivity index (χ3v) is 6.55. The van der Waals surface area contributed by atoms with Crippen molar-refractivity contribution >= 4 is 5.95 Å². The number of anilines is 1. The number of nitrogens with zero attached hydrogens (tertiary/aromatic N) is 3. The summed E-state index contributed by atoms with van der Waals surface area (Å²) in [6.45, 7) is 12.0. The van der Waals surface area contributed by atoms with Crippen LogP contribution in [-0.2, 0) is 13.0 Å². The monoisotopic (exact) mass is 439 g/mol. The van der Waals surface area contributed by atoms with Crippen LogP contribution in [0, 0.1) is 19.8 Å². The highest BCUT2D eigenvalue weighted by atomic mass is 16.5. The lowest BCUT2D eigenvalue weighted by Crippen LogP contribution is -2.35. The molecule has 0 radical (unpaired) electrons. The van der Waals surface area contributed by atoms with Gasteiger partial charge in [0.2, 0.25) is 5.95 Å². The quantitative estimate of drug-likeness (QED) is 0.484. The van der Waals surface area contributed by atoms with Crippen molar-refractivity contribution in [3.05, 3.63) is 46.8 Å². The van der Waals surface area contributed by atoms with Crippen LogP contribution in [0.2, 0.25) is 0 Å².